The van der Waals surface area contributed by atoms with Crippen molar-refractivity contribution in [3.63, 3.8) is 0 Å². The van der Waals surface area contributed by atoms with E-state index in [1.165, 1.54) is 16.9 Å². The number of hydrogen-bond acceptors (Lipinski definition) is 1. The second kappa shape index (κ2) is 6.70. The number of halogens is 1. The quantitative estimate of drug-likeness (QED) is 0.456. The van der Waals surface area contributed by atoms with Crippen LogP contribution in [0, 0.1) is 0 Å². The fraction of sp³-hybridized carbons (Fsp3) is 0.188. The van der Waals surface area contributed by atoms with Crippen molar-refractivity contribution in [1.29, 1.82) is 0 Å². The van der Waals surface area contributed by atoms with Crippen LogP contribution in [-0.4, -0.2) is 14.1 Å². The van der Waals surface area contributed by atoms with Crippen LogP contribution < -0.4 is 9.47 Å². The molecule has 0 radical (unpaired) electrons. The molecule has 0 atom stereocenters. The molecule has 0 aliphatic heterocycles. The third-order valence-electron chi connectivity index (χ3n) is 2.96. The fourth-order valence-electron chi connectivity index (χ4n) is 1.81. The largest absolute Gasteiger partial charge is 0.378 e. The first-order chi connectivity index (χ1) is 9.20. The molecular formula is C16H18IN2+. The molecule has 0 bridgehead atoms. The molecular weight excluding hydrogens is 347 g/mol. The Morgan fingerprint density at radius 3 is 2.42 bits per heavy atom. The van der Waals surface area contributed by atoms with Gasteiger partial charge in [-0.25, -0.2) is 0 Å². The second-order valence-corrected chi connectivity index (χ2v) is 5.22. The van der Waals surface area contributed by atoms with Crippen LogP contribution in [0.2, 0.25) is 0 Å². The van der Waals surface area contributed by atoms with Gasteiger partial charge >= 0.3 is 0 Å². The van der Waals surface area contributed by atoms with E-state index < -0.39 is 0 Å². The molecule has 0 aliphatic carbocycles. The van der Waals surface area contributed by atoms with Gasteiger partial charge in [-0.15, -0.1) is 0 Å². The van der Waals surface area contributed by atoms with Crippen LogP contribution >= 0.6 is 22.6 Å². The average Bonchev–Trinajstić information content (AvgIpc) is 2.45. The van der Waals surface area contributed by atoms with Crippen LogP contribution in [0.4, 0.5) is 5.69 Å². The van der Waals surface area contributed by atoms with Crippen LogP contribution in [-0.2, 0) is 4.55 Å². The molecule has 2 nitrogen and oxygen atoms in total. The van der Waals surface area contributed by atoms with Gasteiger partial charge in [0.05, 0.1) is 0 Å². The van der Waals surface area contributed by atoms with Crippen LogP contribution in [0.3, 0.4) is 0 Å². The Morgan fingerprint density at radius 1 is 1.05 bits per heavy atom. The minimum Gasteiger partial charge on any atom is -0.378 e. The Bertz CT molecular complexity index is 559. The number of anilines is 1. The Hall–Kier alpha value is -1.36. The zero-order valence-corrected chi connectivity index (χ0v) is 13.4. The Morgan fingerprint density at radius 2 is 1.79 bits per heavy atom. The van der Waals surface area contributed by atoms with E-state index >= 15 is 0 Å². The summed E-state index contributed by atoms with van der Waals surface area (Å²) in [6.07, 6.45) is 6.40. The highest BCUT2D eigenvalue weighted by Crippen LogP contribution is 2.14. The Balaban J connectivity index is 2.18. The standard InChI is InChI=1S/C16H18IN2/c1-18(2)15-9-6-14(7-10-15)8-11-16-5-3-4-12-19(16)13-17/h3-12H,13H2,1-2H3/q+1. The molecule has 0 amide bonds. The maximum Gasteiger partial charge on any atom is 0.205 e. The van der Waals surface area contributed by atoms with Crippen molar-refractivity contribution in [1.82, 2.24) is 0 Å². The molecule has 0 aliphatic rings. The first-order valence-electron chi connectivity index (χ1n) is 6.20. The van der Waals surface area contributed by atoms with E-state index in [4.69, 9.17) is 0 Å². The average molecular weight is 365 g/mol. The molecule has 0 spiro atoms. The third-order valence-corrected chi connectivity index (χ3v) is 3.70. The molecule has 1 heterocycles. The van der Waals surface area contributed by atoms with E-state index in [9.17, 15) is 0 Å². The van der Waals surface area contributed by atoms with E-state index in [2.05, 4.69) is 107 Å². The molecule has 0 saturated heterocycles. The summed E-state index contributed by atoms with van der Waals surface area (Å²) >= 11 is 2.37. The van der Waals surface area contributed by atoms with Gasteiger partial charge in [-0.05, 0) is 52.4 Å². The molecule has 2 aromatic rings. The minimum absolute atomic E-state index is 0.956. The number of benzene rings is 1. The Kier molecular flexibility index (Phi) is 4.96. The molecule has 0 fully saturated rings. The number of pyridine rings is 1. The van der Waals surface area contributed by atoms with Crippen LogP contribution in [0.5, 0.6) is 0 Å². The van der Waals surface area contributed by atoms with Crippen LogP contribution in [0.1, 0.15) is 11.3 Å². The van der Waals surface area contributed by atoms with Gasteiger partial charge in [0.2, 0.25) is 5.69 Å². The second-order valence-electron chi connectivity index (χ2n) is 4.53. The predicted octanol–water partition coefficient (Wildman–Crippen LogP) is 3.60. The molecule has 0 saturated carbocycles. The molecule has 98 valence electrons. The summed E-state index contributed by atoms with van der Waals surface area (Å²) in [6.45, 7) is 0. The first kappa shape index (κ1) is 14.1. The lowest BCUT2D eigenvalue weighted by molar-refractivity contribution is -0.672. The summed E-state index contributed by atoms with van der Waals surface area (Å²) in [4.78, 5) is 2.11. The zero-order chi connectivity index (χ0) is 13.7. The molecule has 0 unspecified atom stereocenters. The van der Waals surface area contributed by atoms with Crippen molar-refractivity contribution in [2.75, 3.05) is 19.0 Å². The summed E-state index contributed by atoms with van der Waals surface area (Å²) in [6, 6.07) is 14.8. The van der Waals surface area contributed by atoms with E-state index in [0.29, 0.717) is 0 Å². The summed E-state index contributed by atoms with van der Waals surface area (Å²) in [5.41, 5.74) is 3.65. The fourth-order valence-corrected chi connectivity index (χ4v) is 2.44. The van der Waals surface area contributed by atoms with Crippen molar-refractivity contribution in [3.05, 3.63) is 59.9 Å². The van der Waals surface area contributed by atoms with E-state index in [0.717, 1.165) is 4.55 Å². The lowest BCUT2D eigenvalue weighted by atomic mass is 10.1. The van der Waals surface area contributed by atoms with E-state index in [1.807, 2.05) is 0 Å². The maximum absolute atomic E-state index is 2.37. The SMILES string of the molecule is CN(C)c1ccc(/C=C/c2cccc[n+]2CI)cc1. The van der Waals surface area contributed by atoms with Gasteiger partial charge in [0.15, 0.2) is 10.7 Å². The number of rotatable bonds is 4. The van der Waals surface area contributed by atoms with Crippen molar-refractivity contribution in [2.24, 2.45) is 0 Å². The highest BCUT2D eigenvalue weighted by molar-refractivity contribution is 14.1. The molecule has 2 rings (SSSR count). The van der Waals surface area contributed by atoms with Crippen molar-refractivity contribution < 1.29 is 4.57 Å². The molecule has 19 heavy (non-hydrogen) atoms. The number of alkyl halides is 1. The maximum atomic E-state index is 2.37. The van der Waals surface area contributed by atoms with Gasteiger partial charge in [0, 0.05) is 38.0 Å². The summed E-state index contributed by atoms with van der Waals surface area (Å²) in [7, 11) is 4.11. The van der Waals surface area contributed by atoms with Gasteiger partial charge in [-0.3, -0.25) is 0 Å². The molecule has 1 aromatic heterocycles. The zero-order valence-electron chi connectivity index (χ0n) is 11.3. The minimum atomic E-state index is 0.956. The predicted molar refractivity (Wildman–Crippen MR) is 90.4 cm³/mol. The smallest absolute Gasteiger partial charge is 0.205 e. The summed E-state index contributed by atoms with van der Waals surface area (Å²) < 4.78 is 3.17. The van der Waals surface area contributed by atoms with E-state index in [1.54, 1.807) is 0 Å². The first-order valence-corrected chi connectivity index (χ1v) is 7.73. The van der Waals surface area contributed by atoms with Crippen LogP contribution in [0.25, 0.3) is 12.2 Å². The van der Waals surface area contributed by atoms with Crippen LogP contribution in [0.15, 0.2) is 48.7 Å². The highest BCUT2D eigenvalue weighted by atomic mass is 127. The lowest BCUT2D eigenvalue weighted by Crippen LogP contribution is -2.33. The van der Waals surface area contributed by atoms with E-state index in [-0.39, 0.29) is 0 Å². The number of hydrogen-bond donors (Lipinski definition) is 0. The van der Waals surface area contributed by atoms with Gasteiger partial charge in [0.1, 0.15) is 0 Å². The molecule has 0 N–H and O–H groups in total. The summed E-state index contributed by atoms with van der Waals surface area (Å²) in [5, 5.41) is 0. The highest BCUT2D eigenvalue weighted by Gasteiger charge is 2.02. The lowest BCUT2D eigenvalue weighted by Gasteiger charge is -2.11. The third kappa shape index (κ3) is 3.80. The van der Waals surface area contributed by atoms with Gasteiger partial charge in [-0.1, -0.05) is 12.1 Å². The normalized spacial score (nSPS) is 10.9. The summed E-state index contributed by atoms with van der Waals surface area (Å²) in [5.74, 6) is 0. The number of nitrogens with zero attached hydrogens (tertiary/aromatic N) is 2. The molecule has 1 aromatic carbocycles. The number of aromatic nitrogens is 1. The molecule has 3 heteroatoms. The monoisotopic (exact) mass is 365 g/mol. The van der Waals surface area contributed by atoms with Crippen molar-refractivity contribution in [2.45, 2.75) is 4.55 Å². The van der Waals surface area contributed by atoms with Gasteiger partial charge in [-0.2, -0.15) is 4.57 Å². The van der Waals surface area contributed by atoms with Gasteiger partial charge in [0.25, 0.3) is 0 Å². The topological polar surface area (TPSA) is 7.12 Å². The Labute approximate surface area is 128 Å². The van der Waals surface area contributed by atoms with Crippen molar-refractivity contribution >= 4 is 40.4 Å². The van der Waals surface area contributed by atoms with Crippen molar-refractivity contribution in [3.8, 4) is 0 Å². The van der Waals surface area contributed by atoms with Gasteiger partial charge < -0.3 is 4.90 Å².